The van der Waals surface area contributed by atoms with Gasteiger partial charge in [0.25, 0.3) is 0 Å². The highest BCUT2D eigenvalue weighted by Gasteiger charge is 2.19. The van der Waals surface area contributed by atoms with Crippen molar-refractivity contribution in [2.45, 2.75) is 17.9 Å². The Bertz CT molecular complexity index is 344. The summed E-state index contributed by atoms with van der Waals surface area (Å²) < 4.78 is 5.20. The minimum absolute atomic E-state index is 0.0785. The largest absolute Gasteiger partial charge is 0.481 e. The van der Waals surface area contributed by atoms with Crippen LogP contribution in [-0.2, 0) is 17.9 Å². The molecular weight excluding hydrogens is 200 g/mol. The summed E-state index contributed by atoms with van der Waals surface area (Å²) in [5, 5.41) is 8.81. The second-order valence-electron chi connectivity index (χ2n) is 3.04. The Labute approximate surface area is 86.7 Å². The van der Waals surface area contributed by atoms with Crippen molar-refractivity contribution >= 4 is 11.8 Å². The van der Waals surface area contributed by atoms with Gasteiger partial charge in [-0.15, -0.1) is 0 Å². The molecule has 0 aliphatic carbocycles. The van der Waals surface area contributed by atoms with E-state index in [-0.39, 0.29) is 6.61 Å². The number of hydrogen-bond acceptors (Lipinski definition) is 5. The van der Waals surface area contributed by atoms with Crippen LogP contribution in [0, 0.1) is 0 Å². The number of aliphatic hydroxyl groups is 1. The first-order valence-electron chi connectivity index (χ1n) is 4.46. The fourth-order valence-corrected chi connectivity index (χ4v) is 2.48. The van der Waals surface area contributed by atoms with Crippen molar-refractivity contribution in [3.05, 3.63) is 17.1 Å². The molecule has 0 unspecified atom stereocenters. The number of nitrogens with zero attached hydrogens (tertiary/aromatic N) is 2. The second kappa shape index (κ2) is 4.14. The Kier molecular flexibility index (Phi) is 2.88. The Hall–Kier alpha value is -0.810. The van der Waals surface area contributed by atoms with E-state index in [0.717, 1.165) is 22.8 Å². The molecule has 1 N–H and O–H groups in total. The van der Waals surface area contributed by atoms with E-state index in [4.69, 9.17) is 9.84 Å². The van der Waals surface area contributed by atoms with Crippen molar-refractivity contribution in [3.8, 4) is 5.88 Å². The number of thioether (sulfide) groups is 1. The summed E-state index contributed by atoms with van der Waals surface area (Å²) in [7, 11) is 1.62. The lowest BCUT2D eigenvalue weighted by molar-refractivity contribution is 0.295. The number of aliphatic hydroxyl groups excluding tert-OH is 1. The molecule has 0 amide bonds. The summed E-state index contributed by atoms with van der Waals surface area (Å²) in [5.74, 6) is 3.19. The molecule has 0 radical (unpaired) electrons. The minimum atomic E-state index is 0.0785. The molecule has 1 aliphatic rings. The van der Waals surface area contributed by atoms with Crippen molar-refractivity contribution in [1.82, 2.24) is 9.97 Å². The van der Waals surface area contributed by atoms with E-state index in [1.165, 1.54) is 0 Å². The summed E-state index contributed by atoms with van der Waals surface area (Å²) in [6, 6.07) is 0. The Balaban J connectivity index is 2.39. The zero-order valence-electron chi connectivity index (χ0n) is 7.99. The molecule has 5 heteroatoms. The van der Waals surface area contributed by atoms with Crippen LogP contribution in [0.3, 0.4) is 0 Å². The molecule has 1 aliphatic heterocycles. The van der Waals surface area contributed by atoms with E-state index in [1.54, 1.807) is 7.11 Å². The average Bonchev–Trinajstić information content (AvgIpc) is 2.65. The van der Waals surface area contributed by atoms with Gasteiger partial charge in [0, 0.05) is 23.5 Å². The van der Waals surface area contributed by atoms with Crippen LogP contribution in [0.15, 0.2) is 0 Å². The van der Waals surface area contributed by atoms with Crippen LogP contribution in [0.5, 0.6) is 5.88 Å². The normalized spacial score (nSPS) is 14.1. The van der Waals surface area contributed by atoms with Crippen molar-refractivity contribution in [2.75, 3.05) is 13.7 Å². The SMILES string of the molecule is COc1nc(CCO)nc2c1CSC2. The molecule has 1 aromatic heterocycles. The maximum absolute atomic E-state index is 8.81. The Morgan fingerprint density at radius 3 is 3.00 bits per heavy atom. The van der Waals surface area contributed by atoms with Crippen LogP contribution in [0.2, 0.25) is 0 Å². The second-order valence-corrected chi connectivity index (χ2v) is 4.03. The van der Waals surface area contributed by atoms with Gasteiger partial charge in [0.2, 0.25) is 5.88 Å². The van der Waals surface area contributed by atoms with Gasteiger partial charge in [-0.2, -0.15) is 16.7 Å². The first-order chi connectivity index (χ1) is 6.85. The van der Waals surface area contributed by atoms with Crippen LogP contribution < -0.4 is 4.74 Å². The van der Waals surface area contributed by atoms with Gasteiger partial charge in [-0.25, -0.2) is 4.98 Å². The number of hydrogen-bond donors (Lipinski definition) is 1. The number of ether oxygens (including phenoxy) is 1. The molecule has 1 aromatic rings. The minimum Gasteiger partial charge on any atom is -0.481 e. The first-order valence-corrected chi connectivity index (χ1v) is 5.62. The van der Waals surface area contributed by atoms with E-state index >= 15 is 0 Å². The fraction of sp³-hybridized carbons (Fsp3) is 0.556. The van der Waals surface area contributed by atoms with E-state index < -0.39 is 0 Å². The average molecular weight is 212 g/mol. The van der Waals surface area contributed by atoms with Gasteiger partial charge in [-0.1, -0.05) is 0 Å². The molecule has 76 valence electrons. The molecule has 0 atom stereocenters. The third-order valence-corrected chi connectivity index (χ3v) is 3.09. The summed E-state index contributed by atoms with van der Waals surface area (Å²) in [6.07, 6.45) is 0.494. The van der Waals surface area contributed by atoms with Crippen LogP contribution in [0.4, 0.5) is 0 Å². The van der Waals surface area contributed by atoms with Gasteiger partial charge in [0.15, 0.2) is 0 Å². The molecule has 0 saturated heterocycles. The van der Waals surface area contributed by atoms with E-state index in [0.29, 0.717) is 18.1 Å². The smallest absolute Gasteiger partial charge is 0.220 e. The maximum atomic E-state index is 8.81. The fourth-order valence-electron chi connectivity index (χ4n) is 1.45. The molecule has 0 fully saturated rings. The summed E-state index contributed by atoms with van der Waals surface area (Å²) in [5.41, 5.74) is 2.17. The lowest BCUT2D eigenvalue weighted by Crippen LogP contribution is -2.05. The van der Waals surface area contributed by atoms with Crippen molar-refractivity contribution in [1.29, 1.82) is 0 Å². The highest BCUT2D eigenvalue weighted by atomic mass is 32.2. The molecule has 14 heavy (non-hydrogen) atoms. The quantitative estimate of drug-likeness (QED) is 0.802. The topological polar surface area (TPSA) is 55.2 Å². The van der Waals surface area contributed by atoms with Crippen molar-refractivity contribution in [2.24, 2.45) is 0 Å². The van der Waals surface area contributed by atoms with Crippen LogP contribution >= 0.6 is 11.8 Å². The standard InChI is InChI=1S/C9H12N2O2S/c1-13-9-6-4-14-5-7(6)10-8(11-9)2-3-12/h12H,2-5H2,1H3. The summed E-state index contributed by atoms with van der Waals surface area (Å²) >= 11 is 1.81. The molecule has 0 aromatic carbocycles. The van der Waals surface area contributed by atoms with Crippen LogP contribution in [0.1, 0.15) is 17.1 Å². The number of rotatable bonds is 3. The van der Waals surface area contributed by atoms with Crippen LogP contribution in [0.25, 0.3) is 0 Å². The molecule has 2 rings (SSSR count). The first kappa shape index (κ1) is 9.73. The van der Waals surface area contributed by atoms with Gasteiger partial charge >= 0.3 is 0 Å². The van der Waals surface area contributed by atoms with E-state index in [2.05, 4.69) is 9.97 Å². The Morgan fingerprint density at radius 1 is 1.43 bits per heavy atom. The highest BCUT2D eigenvalue weighted by molar-refractivity contribution is 7.98. The predicted octanol–water partition coefficient (Wildman–Crippen LogP) is 0.767. The third-order valence-electron chi connectivity index (χ3n) is 2.12. The molecule has 4 nitrogen and oxygen atoms in total. The third kappa shape index (κ3) is 1.69. The van der Waals surface area contributed by atoms with Gasteiger partial charge in [0.05, 0.1) is 19.4 Å². The molecule has 0 saturated carbocycles. The monoisotopic (exact) mass is 212 g/mol. The molecule has 0 bridgehead atoms. The summed E-state index contributed by atoms with van der Waals surface area (Å²) in [4.78, 5) is 8.63. The van der Waals surface area contributed by atoms with Gasteiger partial charge < -0.3 is 9.84 Å². The van der Waals surface area contributed by atoms with E-state index in [1.807, 2.05) is 11.8 Å². The maximum Gasteiger partial charge on any atom is 0.220 e. The Morgan fingerprint density at radius 2 is 2.29 bits per heavy atom. The number of aromatic nitrogens is 2. The van der Waals surface area contributed by atoms with E-state index in [9.17, 15) is 0 Å². The van der Waals surface area contributed by atoms with Crippen LogP contribution in [-0.4, -0.2) is 28.8 Å². The summed E-state index contributed by atoms with van der Waals surface area (Å²) in [6.45, 7) is 0.0785. The van der Waals surface area contributed by atoms with Gasteiger partial charge in [-0.3, -0.25) is 0 Å². The zero-order chi connectivity index (χ0) is 9.97. The van der Waals surface area contributed by atoms with Gasteiger partial charge in [-0.05, 0) is 0 Å². The van der Waals surface area contributed by atoms with Crippen molar-refractivity contribution < 1.29 is 9.84 Å². The molecule has 0 spiro atoms. The van der Waals surface area contributed by atoms with Gasteiger partial charge in [0.1, 0.15) is 5.82 Å². The lowest BCUT2D eigenvalue weighted by atomic mass is 10.2. The highest BCUT2D eigenvalue weighted by Crippen LogP contribution is 2.33. The number of fused-ring (bicyclic) bond motifs is 1. The molecule has 2 heterocycles. The zero-order valence-corrected chi connectivity index (χ0v) is 8.80. The van der Waals surface area contributed by atoms with Crippen molar-refractivity contribution in [3.63, 3.8) is 0 Å². The number of methoxy groups -OCH3 is 1. The lowest BCUT2D eigenvalue weighted by Gasteiger charge is -2.06. The predicted molar refractivity (Wildman–Crippen MR) is 54.4 cm³/mol. The molecular formula is C9H12N2O2S.